The molecule has 28 heavy (non-hydrogen) atoms. The van der Waals surface area contributed by atoms with Gasteiger partial charge in [0.15, 0.2) is 5.11 Å². The number of thiocarbonyl (C=S) groups is 1. The van der Waals surface area contributed by atoms with Crippen LogP contribution in [0, 0.1) is 12.8 Å². The first-order valence-electron chi connectivity index (χ1n) is 9.08. The van der Waals surface area contributed by atoms with E-state index in [4.69, 9.17) is 16.6 Å². The van der Waals surface area contributed by atoms with Crippen molar-refractivity contribution < 1.29 is 9.21 Å². The summed E-state index contributed by atoms with van der Waals surface area (Å²) in [5.41, 5.74) is 2.99. The van der Waals surface area contributed by atoms with E-state index in [-0.39, 0.29) is 16.9 Å². The van der Waals surface area contributed by atoms with Gasteiger partial charge in [0, 0.05) is 17.5 Å². The summed E-state index contributed by atoms with van der Waals surface area (Å²) < 4.78 is 5.43. The summed E-state index contributed by atoms with van der Waals surface area (Å²) in [6.07, 6.45) is 0.402. The normalized spacial score (nSPS) is 10.9. The molecular formula is C22H22N2O3S. The number of amides is 1. The quantitative estimate of drug-likeness (QED) is 0.499. The second-order valence-corrected chi connectivity index (χ2v) is 7.52. The third kappa shape index (κ3) is 4.64. The van der Waals surface area contributed by atoms with Crippen LogP contribution in [-0.2, 0) is 4.79 Å². The van der Waals surface area contributed by atoms with Gasteiger partial charge in [-0.15, -0.1) is 0 Å². The van der Waals surface area contributed by atoms with Crippen molar-refractivity contribution >= 4 is 39.9 Å². The molecule has 5 nitrogen and oxygen atoms in total. The number of anilines is 1. The molecule has 0 saturated carbocycles. The Balaban J connectivity index is 1.88. The van der Waals surface area contributed by atoms with Gasteiger partial charge in [-0.2, -0.15) is 0 Å². The van der Waals surface area contributed by atoms with E-state index in [1.807, 2.05) is 63.2 Å². The van der Waals surface area contributed by atoms with Gasteiger partial charge in [-0.3, -0.25) is 4.79 Å². The van der Waals surface area contributed by atoms with Gasteiger partial charge in [0.05, 0.1) is 5.56 Å². The lowest BCUT2D eigenvalue weighted by Gasteiger charge is -2.14. The smallest absolute Gasteiger partial charge is 0.344 e. The lowest BCUT2D eigenvalue weighted by atomic mass is 10.0. The molecule has 0 radical (unpaired) electrons. The Morgan fingerprint density at radius 2 is 1.89 bits per heavy atom. The molecule has 1 aromatic heterocycles. The molecule has 6 heteroatoms. The van der Waals surface area contributed by atoms with Crippen molar-refractivity contribution in [2.24, 2.45) is 5.92 Å². The molecule has 3 rings (SSSR count). The molecule has 0 aliphatic carbocycles. The van der Waals surface area contributed by atoms with Crippen LogP contribution in [0.5, 0.6) is 0 Å². The zero-order chi connectivity index (χ0) is 20.3. The number of hydrogen-bond acceptors (Lipinski definition) is 4. The van der Waals surface area contributed by atoms with Crippen LogP contribution in [0.15, 0.2) is 57.7 Å². The van der Waals surface area contributed by atoms with E-state index in [0.29, 0.717) is 23.1 Å². The number of para-hydroxylation sites is 1. The maximum Gasteiger partial charge on any atom is 0.344 e. The summed E-state index contributed by atoms with van der Waals surface area (Å²) in [7, 11) is 0. The molecule has 1 heterocycles. The minimum Gasteiger partial charge on any atom is -0.422 e. The molecule has 0 aliphatic rings. The molecule has 2 N–H and O–H groups in total. The highest BCUT2D eigenvalue weighted by molar-refractivity contribution is 7.80. The lowest BCUT2D eigenvalue weighted by molar-refractivity contribution is -0.120. The Bertz CT molecular complexity index is 1100. The highest BCUT2D eigenvalue weighted by atomic mass is 32.1. The fourth-order valence-electron chi connectivity index (χ4n) is 2.89. The Morgan fingerprint density at radius 1 is 1.14 bits per heavy atom. The summed E-state index contributed by atoms with van der Waals surface area (Å²) >= 11 is 5.25. The Hall–Kier alpha value is -2.99. The molecule has 0 bridgehead atoms. The molecule has 0 atom stereocenters. The van der Waals surface area contributed by atoms with Crippen LogP contribution < -0.4 is 16.3 Å². The van der Waals surface area contributed by atoms with Gasteiger partial charge >= 0.3 is 5.63 Å². The number of fused-ring (bicyclic) bond motifs is 1. The topological polar surface area (TPSA) is 71.3 Å². The second-order valence-electron chi connectivity index (χ2n) is 7.12. The zero-order valence-corrected chi connectivity index (χ0v) is 16.9. The highest BCUT2D eigenvalue weighted by Gasteiger charge is 2.12. The first kappa shape index (κ1) is 19.8. The van der Waals surface area contributed by atoms with Crippen LogP contribution in [0.25, 0.3) is 22.1 Å². The molecular weight excluding hydrogens is 372 g/mol. The van der Waals surface area contributed by atoms with Crippen LogP contribution in [0.2, 0.25) is 0 Å². The molecule has 0 fully saturated rings. The third-order valence-corrected chi connectivity index (χ3v) is 4.49. The number of benzene rings is 2. The highest BCUT2D eigenvalue weighted by Crippen LogP contribution is 2.25. The molecule has 2 aromatic carbocycles. The Labute approximate surface area is 168 Å². The van der Waals surface area contributed by atoms with Gasteiger partial charge < -0.3 is 15.1 Å². The number of nitrogens with one attached hydrogen (secondary N) is 2. The van der Waals surface area contributed by atoms with E-state index in [2.05, 4.69) is 10.6 Å². The standard InChI is InChI=1S/C22H22N2O3S/c1-13(2)10-20(25)24-22(28)23-18-12-15(9-8-14(18)3)17-11-16-6-4-5-7-19(16)27-21(17)26/h4-9,11-13H,10H2,1-3H3,(H2,23,24,25,28). The van der Waals surface area contributed by atoms with Gasteiger partial charge in [0.25, 0.3) is 0 Å². The lowest BCUT2D eigenvalue weighted by Crippen LogP contribution is -2.34. The zero-order valence-electron chi connectivity index (χ0n) is 16.0. The van der Waals surface area contributed by atoms with Crippen molar-refractivity contribution in [1.29, 1.82) is 0 Å². The molecule has 0 saturated heterocycles. The van der Waals surface area contributed by atoms with E-state index in [1.54, 1.807) is 6.07 Å². The van der Waals surface area contributed by atoms with Crippen molar-refractivity contribution in [1.82, 2.24) is 5.32 Å². The first-order valence-corrected chi connectivity index (χ1v) is 9.49. The molecule has 0 unspecified atom stereocenters. The van der Waals surface area contributed by atoms with Gasteiger partial charge in [-0.25, -0.2) is 4.79 Å². The molecule has 0 spiro atoms. The maximum absolute atomic E-state index is 12.4. The SMILES string of the molecule is Cc1ccc(-c2cc3ccccc3oc2=O)cc1NC(=S)NC(=O)CC(C)C. The largest absolute Gasteiger partial charge is 0.422 e. The van der Waals surface area contributed by atoms with Crippen LogP contribution in [0.4, 0.5) is 5.69 Å². The minimum atomic E-state index is -0.402. The Morgan fingerprint density at radius 3 is 2.64 bits per heavy atom. The third-order valence-electron chi connectivity index (χ3n) is 4.28. The number of carbonyl (C=O) groups is 1. The van der Waals surface area contributed by atoms with Crippen LogP contribution >= 0.6 is 12.2 Å². The summed E-state index contributed by atoms with van der Waals surface area (Å²) in [6.45, 7) is 5.87. The van der Waals surface area contributed by atoms with Crippen molar-refractivity contribution in [2.75, 3.05) is 5.32 Å². The average molecular weight is 394 g/mol. The fraction of sp³-hybridized carbons (Fsp3) is 0.227. The Kier molecular flexibility index (Phi) is 5.90. The fourth-order valence-corrected chi connectivity index (χ4v) is 3.11. The van der Waals surface area contributed by atoms with Gasteiger partial charge in [-0.05, 0) is 54.4 Å². The average Bonchev–Trinajstić information content (AvgIpc) is 2.62. The van der Waals surface area contributed by atoms with Gasteiger partial charge in [0.1, 0.15) is 5.58 Å². The van der Waals surface area contributed by atoms with Crippen molar-refractivity contribution in [3.05, 3.63) is 64.5 Å². The van der Waals surface area contributed by atoms with Gasteiger partial charge in [0.2, 0.25) is 5.91 Å². The number of aryl methyl sites for hydroxylation is 1. The van der Waals surface area contributed by atoms with E-state index in [9.17, 15) is 9.59 Å². The predicted molar refractivity (Wildman–Crippen MR) is 116 cm³/mol. The van der Waals surface area contributed by atoms with E-state index in [1.165, 1.54) is 0 Å². The number of hydrogen-bond donors (Lipinski definition) is 2. The summed E-state index contributed by atoms with van der Waals surface area (Å²) in [5, 5.41) is 6.81. The van der Waals surface area contributed by atoms with Crippen molar-refractivity contribution in [3.8, 4) is 11.1 Å². The van der Waals surface area contributed by atoms with E-state index in [0.717, 1.165) is 16.6 Å². The predicted octanol–water partition coefficient (Wildman–Crippen LogP) is 4.63. The van der Waals surface area contributed by atoms with Crippen LogP contribution in [0.1, 0.15) is 25.8 Å². The summed E-state index contributed by atoms with van der Waals surface area (Å²) in [5.74, 6) is 0.122. The number of carbonyl (C=O) groups excluding carboxylic acids is 1. The summed E-state index contributed by atoms with van der Waals surface area (Å²) in [4.78, 5) is 24.3. The van der Waals surface area contributed by atoms with Crippen LogP contribution in [0.3, 0.4) is 0 Å². The molecule has 144 valence electrons. The molecule has 1 amide bonds. The van der Waals surface area contributed by atoms with Crippen LogP contribution in [-0.4, -0.2) is 11.0 Å². The van der Waals surface area contributed by atoms with Crippen molar-refractivity contribution in [2.45, 2.75) is 27.2 Å². The first-order chi connectivity index (χ1) is 13.3. The number of rotatable bonds is 4. The monoisotopic (exact) mass is 394 g/mol. The molecule has 0 aliphatic heterocycles. The second kappa shape index (κ2) is 8.35. The minimum absolute atomic E-state index is 0.128. The van der Waals surface area contributed by atoms with Crippen molar-refractivity contribution in [3.63, 3.8) is 0 Å². The summed E-state index contributed by atoms with van der Waals surface area (Å²) in [6, 6.07) is 14.8. The molecule has 3 aromatic rings. The van der Waals surface area contributed by atoms with Gasteiger partial charge in [-0.1, -0.05) is 44.2 Å². The maximum atomic E-state index is 12.4. The van der Waals surface area contributed by atoms with E-state index < -0.39 is 5.63 Å². The van der Waals surface area contributed by atoms with E-state index >= 15 is 0 Å².